The predicted molar refractivity (Wildman–Crippen MR) is 137 cm³/mol. The molecule has 0 spiro atoms. The third-order valence-corrected chi connectivity index (χ3v) is 5.68. The summed E-state index contributed by atoms with van der Waals surface area (Å²) in [5.74, 6) is -4.48. The lowest BCUT2D eigenvalue weighted by atomic mass is 10.00. The van der Waals surface area contributed by atoms with Gasteiger partial charge in [-0.1, -0.05) is 45.9 Å². The highest BCUT2D eigenvalue weighted by atomic mass is 16.4. The van der Waals surface area contributed by atoms with E-state index in [1.165, 1.54) is 0 Å². The van der Waals surface area contributed by atoms with E-state index >= 15 is 0 Å². The van der Waals surface area contributed by atoms with Crippen LogP contribution < -0.4 is 16.0 Å². The quantitative estimate of drug-likeness (QED) is 0.222. The molecule has 1 heterocycles. The van der Waals surface area contributed by atoms with Crippen molar-refractivity contribution >= 4 is 40.6 Å². The summed E-state index contributed by atoms with van der Waals surface area (Å²) in [6, 6.07) is 3.55. The van der Waals surface area contributed by atoms with Crippen LogP contribution in [0.1, 0.15) is 52.5 Å². The second-order valence-electron chi connectivity index (χ2n) is 9.97. The van der Waals surface area contributed by atoms with Crippen molar-refractivity contribution in [2.45, 2.75) is 71.5 Å². The van der Waals surface area contributed by atoms with E-state index in [9.17, 15) is 29.1 Å². The standard InChI is InChI=1S/C26H36N4O7/c1-14(2)9-19(28-22(31)10-15(3)4)24(34)29-20(25(35)30-21(26(36)37)12-23(32)33)11-16-13-27-18-8-6-5-7-17(16)18/h5-8,13-15,19-21,27H,9-12H2,1-4H3,(H,28,31)(H,29,34)(H,30,35)(H,32,33)(H,36,37)/t19-,20+,21+/m0/s1. The normalized spacial score (nSPS) is 13.7. The fourth-order valence-corrected chi connectivity index (χ4v) is 3.98. The molecule has 0 bridgehead atoms. The number of nitrogens with one attached hydrogen (secondary N) is 4. The molecule has 6 N–H and O–H groups in total. The maximum absolute atomic E-state index is 13.3. The van der Waals surface area contributed by atoms with Gasteiger partial charge in [0.05, 0.1) is 6.42 Å². The van der Waals surface area contributed by atoms with Gasteiger partial charge >= 0.3 is 11.9 Å². The number of aromatic nitrogens is 1. The van der Waals surface area contributed by atoms with Gasteiger partial charge in [-0.15, -0.1) is 0 Å². The average molecular weight is 517 g/mol. The van der Waals surface area contributed by atoms with E-state index in [1.807, 2.05) is 52.0 Å². The molecule has 0 unspecified atom stereocenters. The summed E-state index contributed by atoms with van der Waals surface area (Å²) >= 11 is 0. The van der Waals surface area contributed by atoms with E-state index in [1.54, 1.807) is 6.20 Å². The lowest BCUT2D eigenvalue weighted by molar-refractivity contribution is -0.147. The van der Waals surface area contributed by atoms with Crippen LogP contribution in [0, 0.1) is 11.8 Å². The smallest absolute Gasteiger partial charge is 0.326 e. The first-order valence-electron chi connectivity index (χ1n) is 12.3. The molecule has 11 heteroatoms. The highest BCUT2D eigenvalue weighted by Gasteiger charge is 2.31. The second-order valence-corrected chi connectivity index (χ2v) is 9.97. The number of carbonyl (C=O) groups excluding carboxylic acids is 3. The number of rotatable bonds is 14. The van der Waals surface area contributed by atoms with Crippen LogP contribution in [-0.2, 0) is 30.4 Å². The van der Waals surface area contributed by atoms with Gasteiger partial charge in [0.15, 0.2) is 0 Å². The van der Waals surface area contributed by atoms with Crippen molar-refractivity contribution in [2.75, 3.05) is 0 Å². The van der Waals surface area contributed by atoms with Gasteiger partial charge in [-0.05, 0) is 29.9 Å². The minimum Gasteiger partial charge on any atom is -0.481 e. The Morgan fingerprint density at radius 2 is 1.43 bits per heavy atom. The van der Waals surface area contributed by atoms with E-state index in [-0.39, 0.29) is 30.6 Å². The van der Waals surface area contributed by atoms with Crippen LogP contribution in [0.2, 0.25) is 0 Å². The number of carboxylic acids is 2. The summed E-state index contributed by atoms with van der Waals surface area (Å²) in [7, 11) is 0. The first kappa shape index (κ1) is 29.3. The molecule has 1 aromatic heterocycles. The van der Waals surface area contributed by atoms with Gasteiger partial charge in [0, 0.05) is 29.9 Å². The molecule has 0 radical (unpaired) electrons. The summed E-state index contributed by atoms with van der Waals surface area (Å²) in [5, 5.41) is 26.8. The molecule has 37 heavy (non-hydrogen) atoms. The molecule has 2 aromatic rings. The lowest BCUT2D eigenvalue weighted by Gasteiger charge is -2.25. The number of hydrogen-bond acceptors (Lipinski definition) is 5. The molecule has 3 atom stereocenters. The summed E-state index contributed by atoms with van der Waals surface area (Å²) in [4.78, 5) is 64.6. The van der Waals surface area contributed by atoms with Gasteiger partial charge in [0.25, 0.3) is 0 Å². The molecule has 2 rings (SSSR count). The monoisotopic (exact) mass is 516 g/mol. The maximum atomic E-state index is 13.3. The molecule has 0 aliphatic heterocycles. The van der Waals surface area contributed by atoms with Crippen LogP contribution >= 0.6 is 0 Å². The number of aliphatic carboxylic acids is 2. The molecule has 0 aliphatic rings. The number of fused-ring (bicyclic) bond motifs is 1. The first-order chi connectivity index (χ1) is 17.4. The van der Waals surface area contributed by atoms with Crippen LogP contribution in [0.4, 0.5) is 0 Å². The molecule has 1 aromatic carbocycles. The topological polar surface area (TPSA) is 178 Å². The highest BCUT2D eigenvalue weighted by molar-refractivity contribution is 5.95. The molecular formula is C26H36N4O7. The summed E-state index contributed by atoms with van der Waals surface area (Å²) < 4.78 is 0. The van der Waals surface area contributed by atoms with Gasteiger partial charge < -0.3 is 31.1 Å². The average Bonchev–Trinajstić information content (AvgIpc) is 3.19. The van der Waals surface area contributed by atoms with Gasteiger partial charge in [-0.2, -0.15) is 0 Å². The fourth-order valence-electron chi connectivity index (χ4n) is 3.98. The van der Waals surface area contributed by atoms with Crippen LogP contribution in [0.25, 0.3) is 10.9 Å². The van der Waals surface area contributed by atoms with Gasteiger partial charge in [0.2, 0.25) is 17.7 Å². The van der Waals surface area contributed by atoms with Crippen LogP contribution in [0.3, 0.4) is 0 Å². The Morgan fingerprint density at radius 3 is 2.03 bits per heavy atom. The minimum atomic E-state index is -1.68. The lowest BCUT2D eigenvalue weighted by Crippen LogP contribution is -2.56. The molecular weight excluding hydrogens is 480 g/mol. The van der Waals surface area contributed by atoms with Crippen molar-refractivity contribution in [3.05, 3.63) is 36.0 Å². The SMILES string of the molecule is CC(C)CC(=O)N[C@@H](CC(C)C)C(=O)N[C@H](Cc1c[nH]c2ccccc12)C(=O)N[C@H](CC(=O)O)C(=O)O. The van der Waals surface area contributed by atoms with E-state index in [2.05, 4.69) is 20.9 Å². The summed E-state index contributed by atoms with van der Waals surface area (Å²) in [6.07, 6.45) is 1.44. The van der Waals surface area contributed by atoms with Gasteiger partial charge in [-0.25, -0.2) is 4.79 Å². The number of amides is 3. The molecule has 0 saturated heterocycles. The predicted octanol–water partition coefficient (Wildman–Crippen LogP) is 1.82. The Bertz CT molecular complexity index is 1130. The first-order valence-corrected chi connectivity index (χ1v) is 12.3. The number of aromatic amines is 1. The third kappa shape index (κ3) is 9.25. The minimum absolute atomic E-state index is 0.00926. The molecule has 3 amide bonds. The van der Waals surface area contributed by atoms with Crippen molar-refractivity contribution < 1.29 is 34.2 Å². The number of hydrogen-bond donors (Lipinski definition) is 6. The zero-order valence-electron chi connectivity index (χ0n) is 21.5. The Kier molecular flexibility index (Phi) is 10.6. The van der Waals surface area contributed by atoms with Crippen molar-refractivity contribution in [2.24, 2.45) is 11.8 Å². The fraction of sp³-hybridized carbons (Fsp3) is 0.500. The maximum Gasteiger partial charge on any atom is 0.326 e. The number of carbonyl (C=O) groups is 5. The van der Waals surface area contributed by atoms with E-state index in [4.69, 9.17) is 5.11 Å². The van der Waals surface area contributed by atoms with Crippen molar-refractivity contribution in [3.63, 3.8) is 0 Å². The molecule has 0 fully saturated rings. The molecule has 11 nitrogen and oxygen atoms in total. The highest BCUT2D eigenvalue weighted by Crippen LogP contribution is 2.19. The Hall–Kier alpha value is -3.89. The number of benzene rings is 1. The molecule has 0 aliphatic carbocycles. The summed E-state index contributed by atoms with van der Waals surface area (Å²) in [6.45, 7) is 7.56. The Morgan fingerprint density at radius 1 is 0.811 bits per heavy atom. The third-order valence-electron chi connectivity index (χ3n) is 5.68. The van der Waals surface area contributed by atoms with Crippen LogP contribution in [0.5, 0.6) is 0 Å². The molecule has 0 saturated carbocycles. The number of para-hydroxylation sites is 1. The van der Waals surface area contributed by atoms with Gasteiger partial charge in [-0.3, -0.25) is 19.2 Å². The van der Waals surface area contributed by atoms with Crippen molar-refractivity contribution in [1.29, 1.82) is 0 Å². The van der Waals surface area contributed by atoms with E-state index in [0.29, 0.717) is 12.0 Å². The van der Waals surface area contributed by atoms with Crippen molar-refractivity contribution in [1.82, 2.24) is 20.9 Å². The zero-order valence-corrected chi connectivity index (χ0v) is 21.5. The van der Waals surface area contributed by atoms with Crippen LogP contribution in [-0.4, -0.2) is 63.0 Å². The van der Waals surface area contributed by atoms with Crippen molar-refractivity contribution in [3.8, 4) is 0 Å². The Balaban J connectivity index is 2.32. The summed E-state index contributed by atoms with van der Waals surface area (Å²) in [5.41, 5.74) is 1.52. The zero-order chi connectivity index (χ0) is 27.7. The number of carboxylic acid groups (broad SMARTS) is 2. The molecule has 202 valence electrons. The number of H-pyrrole nitrogens is 1. The van der Waals surface area contributed by atoms with E-state index in [0.717, 1.165) is 10.9 Å². The largest absolute Gasteiger partial charge is 0.481 e. The van der Waals surface area contributed by atoms with Gasteiger partial charge in [0.1, 0.15) is 18.1 Å². The Labute approximate surface area is 215 Å². The second kappa shape index (κ2) is 13.4. The van der Waals surface area contributed by atoms with E-state index < -0.39 is 48.3 Å². The van der Waals surface area contributed by atoms with Crippen LogP contribution in [0.15, 0.2) is 30.5 Å².